The number of hydrogen-bond donors (Lipinski definition) is 2. The third-order valence-electron chi connectivity index (χ3n) is 5.67. The maximum absolute atomic E-state index is 12.8. The van der Waals surface area contributed by atoms with Crippen LogP contribution in [0.25, 0.3) is 0 Å². The summed E-state index contributed by atoms with van der Waals surface area (Å²) in [6.07, 6.45) is 1.15. The number of rotatable bonds is 5. The number of H-pyrrole nitrogens is 1. The van der Waals surface area contributed by atoms with Gasteiger partial charge in [-0.05, 0) is 38.7 Å². The van der Waals surface area contributed by atoms with Crippen molar-refractivity contribution in [3.63, 3.8) is 0 Å². The van der Waals surface area contributed by atoms with Gasteiger partial charge >= 0.3 is 5.97 Å². The number of carbonyl (C=O) groups excluding carboxylic acids is 2. The number of esters is 1. The molecule has 2 aliphatic rings. The molecule has 1 amide bonds. The van der Waals surface area contributed by atoms with Crippen LogP contribution in [0, 0.1) is 19.8 Å². The van der Waals surface area contributed by atoms with Crippen LogP contribution in [-0.2, 0) is 9.47 Å². The van der Waals surface area contributed by atoms with Gasteiger partial charge in [0.25, 0.3) is 5.91 Å². The molecule has 1 aromatic rings. The van der Waals surface area contributed by atoms with Crippen molar-refractivity contribution in [2.24, 2.45) is 5.92 Å². The average molecular weight is 377 g/mol. The van der Waals surface area contributed by atoms with Crippen molar-refractivity contribution in [3.05, 3.63) is 22.5 Å². The first kappa shape index (κ1) is 19.9. The zero-order valence-corrected chi connectivity index (χ0v) is 16.9. The van der Waals surface area contributed by atoms with E-state index in [4.69, 9.17) is 9.47 Å². The van der Waals surface area contributed by atoms with Crippen LogP contribution in [0.4, 0.5) is 0 Å². The van der Waals surface area contributed by atoms with E-state index >= 15 is 0 Å². The predicted octanol–water partition coefficient (Wildman–Crippen LogP) is 2.04. The highest BCUT2D eigenvalue weighted by Gasteiger charge is 2.39. The Hall–Kier alpha value is -1.86. The molecule has 2 saturated heterocycles. The molecule has 3 rings (SSSR count). The minimum Gasteiger partial charge on any atom is -0.462 e. The zero-order valence-electron chi connectivity index (χ0n) is 16.9. The first-order chi connectivity index (χ1) is 12.8. The van der Waals surface area contributed by atoms with Crippen molar-refractivity contribution in [3.8, 4) is 0 Å². The zero-order chi connectivity index (χ0) is 19.7. The number of nitrogens with zero attached hydrogens (tertiary/aromatic N) is 1. The minimum atomic E-state index is -0.391. The van der Waals surface area contributed by atoms with E-state index in [0.29, 0.717) is 41.1 Å². The Morgan fingerprint density at radius 3 is 2.74 bits per heavy atom. The summed E-state index contributed by atoms with van der Waals surface area (Å²) in [4.78, 5) is 30.4. The number of hydrogen-bond acceptors (Lipinski definition) is 5. The second-order valence-electron chi connectivity index (χ2n) is 7.98. The topological polar surface area (TPSA) is 83.7 Å². The van der Waals surface area contributed by atoms with Crippen molar-refractivity contribution in [1.82, 2.24) is 15.2 Å². The van der Waals surface area contributed by atoms with Crippen LogP contribution in [0.15, 0.2) is 0 Å². The molecular weight excluding hydrogens is 346 g/mol. The highest BCUT2D eigenvalue weighted by atomic mass is 16.5. The molecule has 27 heavy (non-hydrogen) atoms. The van der Waals surface area contributed by atoms with E-state index in [1.165, 1.54) is 0 Å². The van der Waals surface area contributed by atoms with E-state index in [-0.39, 0.29) is 18.1 Å². The maximum Gasteiger partial charge on any atom is 0.340 e. The molecule has 7 nitrogen and oxygen atoms in total. The third-order valence-corrected chi connectivity index (χ3v) is 5.67. The highest BCUT2D eigenvalue weighted by Crippen LogP contribution is 2.26. The molecule has 0 aromatic carbocycles. The highest BCUT2D eigenvalue weighted by molar-refractivity contribution is 6.00. The Bertz CT molecular complexity index is 712. The van der Waals surface area contributed by atoms with Crippen LogP contribution < -0.4 is 5.32 Å². The van der Waals surface area contributed by atoms with Gasteiger partial charge in [0.2, 0.25) is 0 Å². The van der Waals surface area contributed by atoms with Gasteiger partial charge in [-0.3, -0.25) is 9.69 Å². The average Bonchev–Trinajstić information content (AvgIpc) is 3.13. The van der Waals surface area contributed by atoms with E-state index in [0.717, 1.165) is 26.1 Å². The van der Waals surface area contributed by atoms with Gasteiger partial charge in [0.05, 0.1) is 24.9 Å². The Labute approximate surface area is 160 Å². The first-order valence-electron chi connectivity index (χ1n) is 9.84. The van der Waals surface area contributed by atoms with Gasteiger partial charge in [-0.2, -0.15) is 0 Å². The fraction of sp³-hybridized carbons (Fsp3) is 0.700. The number of aromatic amines is 1. The van der Waals surface area contributed by atoms with Gasteiger partial charge in [-0.15, -0.1) is 0 Å². The van der Waals surface area contributed by atoms with E-state index in [2.05, 4.69) is 29.0 Å². The second-order valence-corrected chi connectivity index (χ2v) is 7.98. The quantitative estimate of drug-likeness (QED) is 0.767. The second kappa shape index (κ2) is 8.02. The lowest BCUT2D eigenvalue weighted by molar-refractivity contribution is -0.0683. The van der Waals surface area contributed by atoms with Gasteiger partial charge in [0.1, 0.15) is 5.69 Å². The van der Waals surface area contributed by atoms with E-state index in [1.54, 1.807) is 20.8 Å². The number of ether oxygens (including phenoxy) is 2. The SMILES string of the molecule is CCOC(=O)c1c(C)[nH]c(C(=O)N[C@@H]2C[C@H]3CO[C@@H](C(C)C)CN3C2)c1C. The standard InChI is InChI=1S/C20H31N3O4/c1-6-26-20(25)17-12(4)18(21-13(17)5)19(24)22-14-7-15-10-27-16(11(2)3)9-23(15)8-14/h11,14-16,21H,6-10H2,1-5H3,(H,22,24)/t14-,15+,16-/m1/s1. The molecule has 3 atom stereocenters. The van der Waals surface area contributed by atoms with Gasteiger partial charge in [-0.25, -0.2) is 4.79 Å². The number of morpholine rings is 1. The molecule has 7 heteroatoms. The Balaban J connectivity index is 1.65. The summed E-state index contributed by atoms with van der Waals surface area (Å²) in [6, 6.07) is 0.456. The molecule has 0 radical (unpaired) electrons. The number of amides is 1. The number of fused-ring (bicyclic) bond motifs is 1. The molecule has 0 saturated carbocycles. The summed E-state index contributed by atoms with van der Waals surface area (Å²) in [7, 11) is 0. The van der Waals surface area contributed by atoms with Gasteiger partial charge in [0.15, 0.2) is 0 Å². The fourth-order valence-corrected chi connectivity index (χ4v) is 4.15. The van der Waals surface area contributed by atoms with Gasteiger partial charge < -0.3 is 19.8 Å². The van der Waals surface area contributed by atoms with E-state index in [9.17, 15) is 9.59 Å². The summed E-state index contributed by atoms with van der Waals surface area (Å²) in [5.41, 5.74) is 2.20. The lowest BCUT2D eigenvalue weighted by atomic mass is 10.0. The molecular formula is C20H31N3O4. The lowest BCUT2D eigenvalue weighted by Crippen LogP contribution is -2.48. The number of carbonyl (C=O) groups is 2. The maximum atomic E-state index is 12.8. The van der Waals surface area contributed by atoms with Crippen LogP contribution >= 0.6 is 0 Å². The van der Waals surface area contributed by atoms with Crippen molar-refractivity contribution in [2.45, 2.75) is 59.2 Å². The summed E-state index contributed by atoms with van der Waals surface area (Å²) in [5.74, 6) is -0.0690. The number of aromatic nitrogens is 1. The molecule has 0 aliphatic carbocycles. The molecule has 1 aromatic heterocycles. The monoisotopic (exact) mass is 377 g/mol. The summed E-state index contributed by atoms with van der Waals surface area (Å²) >= 11 is 0. The summed E-state index contributed by atoms with van der Waals surface area (Å²) < 4.78 is 11.1. The van der Waals surface area contributed by atoms with Crippen LogP contribution in [0.5, 0.6) is 0 Å². The molecule has 2 fully saturated rings. The largest absolute Gasteiger partial charge is 0.462 e. The Kier molecular flexibility index (Phi) is 5.91. The molecule has 0 unspecified atom stereocenters. The molecule has 2 aliphatic heterocycles. The van der Waals surface area contributed by atoms with Crippen molar-refractivity contribution < 1.29 is 19.1 Å². The predicted molar refractivity (Wildman–Crippen MR) is 102 cm³/mol. The van der Waals surface area contributed by atoms with Crippen molar-refractivity contribution in [2.75, 3.05) is 26.3 Å². The molecule has 3 heterocycles. The van der Waals surface area contributed by atoms with E-state index < -0.39 is 5.97 Å². The Morgan fingerprint density at radius 1 is 1.33 bits per heavy atom. The number of aryl methyl sites for hydroxylation is 1. The normalized spacial score (nSPS) is 25.5. The molecule has 0 spiro atoms. The molecule has 0 bridgehead atoms. The van der Waals surface area contributed by atoms with Crippen LogP contribution in [-0.4, -0.2) is 66.3 Å². The molecule has 2 N–H and O–H groups in total. The Morgan fingerprint density at radius 2 is 2.07 bits per heavy atom. The van der Waals surface area contributed by atoms with Crippen molar-refractivity contribution >= 4 is 11.9 Å². The number of nitrogens with one attached hydrogen (secondary N) is 2. The summed E-state index contributed by atoms with van der Waals surface area (Å²) in [5, 5.41) is 3.13. The molecule has 150 valence electrons. The lowest BCUT2D eigenvalue weighted by Gasteiger charge is -2.36. The minimum absolute atomic E-state index is 0.0889. The van der Waals surface area contributed by atoms with Crippen LogP contribution in [0.1, 0.15) is 59.3 Å². The fourth-order valence-electron chi connectivity index (χ4n) is 4.15. The van der Waals surface area contributed by atoms with Gasteiger partial charge in [-0.1, -0.05) is 13.8 Å². The van der Waals surface area contributed by atoms with Gasteiger partial charge in [0, 0.05) is 30.9 Å². The third kappa shape index (κ3) is 4.04. The van der Waals surface area contributed by atoms with E-state index in [1.807, 2.05) is 0 Å². The van der Waals surface area contributed by atoms with Crippen LogP contribution in [0.2, 0.25) is 0 Å². The first-order valence-corrected chi connectivity index (χ1v) is 9.84. The van der Waals surface area contributed by atoms with Crippen LogP contribution in [0.3, 0.4) is 0 Å². The smallest absolute Gasteiger partial charge is 0.340 e. The summed E-state index contributed by atoms with van der Waals surface area (Å²) in [6.45, 7) is 12.5. The van der Waals surface area contributed by atoms with Crippen molar-refractivity contribution in [1.29, 1.82) is 0 Å².